The van der Waals surface area contributed by atoms with Crippen molar-refractivity contribution < 1.29 is 9.47 Å². The van der Waals surface area contributed by atoms with E-state index in [0.717, 1.165) is 42.1 Å². The minimum atomic E-state index is 0.663. The Labute approximate surface area is 124 Å². The van der Waals surface area contributed by atoms with E-state index in [9.17, 15) is 0 Å². The van der Waals surface area contributed by atoms with Gasteiger partial charge in [0.1, 0.15) is 23.6 Å². The van der Waals surface area contributed by atoms with Crippen molar-refractivity contribution in [1.82, 2.24) is 9.97 Å². The standard InChI is InChI=1S/C16H19N3O2/c1-20-12-7-6-11(15(8-12)21-2)9-17-16-13-4-3-5-14(13)18-10-19-16/h6-8,10H,3-5,9H2,1-2H3,(H,17,18,19). The molecule has 5 heteroatoms. The number of aryl methyl sites for hydroxylation is 1. The van der Waals surface area contributed by atoms with Crippen molar-refractivity contribution in [2.45, 2.75) is 25.8 Å². The highest BCUT2D eigenvalue weighted by Gasteiger charge is 2.17. The van der Waals surface area contributed by atoms with E-state index < -0.39 is 0 Å². The molecule has 0 unspecified atom stereocenters. The van der Waals surface area contributed by atoms with Crippen molar-refractivity contribution in [2.24, 2.45) is 0 Å². The number of benzene rings is 1. The summed E-state index contributed by atoms with van der Waals surface area (Å²) in [4.78, 5) is 8.71. The zero-order valence-electron chi connectivity index (χ0n) is 12.3. The number of nitrogens with one attached hydrogen (secondary N) is 1. The molecule has 1 aliphatic carbocycles. The Balaban J connectivity index is 1.78. The van der Waals surface area contributed by atoms with Gasteiger partial charge >= 0.3 is 0 Å². The number of rotatable bonds is 5. The quantitative estimate of drug-likeness (QED) is 0.915. The summed E-state index contributed by atoms with van der Waals surface area (Å²) < 4.78 is 10.6. The highest BCUT2D eigenvalue weighted by molar-refractivity contribution is 5.50. The van der Waals surface area contributed by atoms with Crippen LogP contribution < -0.4 is 14.8 Å². The molecular weight excluding hydrogens is 266 g/mol. The Morgan fingerprint density at radius 2 is 2.05 bits per heavy atom. The molecule has 0 saturated heterocycles. The molecule has 3 rings (SSSR count). The lowest BCUT2D eigenvalue weighted by atomic mass is 10.1. The van der Waals surface area contributed by atoms with Crippen LogP contribution in [0.3, 0.4) is 0 Å². The van der Waals surface area contributed by atoms with Crippen LogP contribution in [0.1, 0.15) is 23.2 Å². The Kier molecular flexibility index (Phi) is 3.90. The van der Waals surface area contributed by atoms with Crippen LogP contribution in [0.2, 0.25) is 0 Å². The maximum atomic E-state index is 5.42. The molecule has 1 heterocycles. The monoisotopic (exact) mass is 285 g/mol. The van der Waals surface area contributed by atoms with E-state index in [4.69, 9.17) is 9.47 Å². The molecule has 0 fully saturated rings. The highest BCUT2D eigenvalue weighted by atomic mass is 16.5. The van der Waals surface area contributed by atoms with Crippen molar-refractivity contribution in [3.8, 4) is 11.5 Å². The number of fused-ring (bicyclic) bond motifs is 1. The molecule has 1 N–H and O–H groups in total. The van der Waals surface area contributed by atoms with Crippen LogP contribution in [0.4, 0.5) is 5.82 Å². The van der Waals surface area contributed by atoms with Gasteiger partial charge in [0.25, 0.3) is 0 Å². The molecule has 0 aliphatic heterocycles. The highest BCUT2D eigenvalue weighted by Crippen LogP contribution is 2.28. The third-order valence-corrected chi connectivity index (χ3v) is 3.82. The van der Waals surface area contributed by atoms with Crippen LogP contribution in [-0.4, -0.2) is 24.2 Å². The molecule has 0 radical (unpaired) electrons. The van der Waals surface area contributed by atoms with Crippen molar-refractivity contribution in [2.75, 3.05) is 19.5 Å². The van der Waals surface area contributed by atoms with E-state index in [2.05, 4.69) is 15.3 Å². The molecule has 0 bridgehead atoms. The summed E-state index contributed by atoms with van der Waals surface area (Å²) in [5, 5.41) is 3.40. The molecular formula is C16H19N3O2. The number of methoxy groups -OCH3 is 2. The summed E-state index contributed by atoms with van der Waals surface area (Å²) in [5.74, 6) is 2.54. The van der Waals surface area contributed by atoms with Gasteiger partial charge in [0.15, 0.2) is 0 Å². The number of nitrogens with zero attached hydrogens (tertiary/aromatic N) is 2. The number of anilines is 1. The second-order valence-electron chi connectivity index (χ2n) is 5.03. The minimum absolute atomic E-state index is 0.663. The number of aromatic nitrogens is 2. The second-order valence-corrected chi connectivity index (χ2v) is 5.03. The van der Waals surface area contributed by atoms with E-state index in [1.807, 2.05) is 18.2 Å². The summed E-state index contributed by atoms with van der Waals surface area (Å²) in [7, 11) is 3.32. The smallest absolute Gasteiger partial charge is 0.133 e. The van der Waals surface area contributed by atoms with Crippen LogP contribution in [-0.2, 0) is 19.4 Å². The minimum Gasteiger partial charge on any atom is -0.497 e. The van der Waals surface area contributed by atoms with Gasteiger partial charge in [-0.3, -0.25) is 0 Å². The van der Waals surface area contributed by atoms with Gasteiger partial charge in [0.2, 0.25) is 0 Å². The van der Waals surface area contributed by atoms with E-state index in [-0.39, 0.29) is 0 Å². The Morgan fingerprint density at radius 1 is 1.14 bits per heavy atom. The van der Waals surface area contributed by atoms with E-state index in [1.54, 1.807) is 20.5 Å². The first-order valence-electron chi connectivity index (χ1n) is 7.09. The fraction of sp³-hybridized carbons (Fsp3) is 0.375. The molecule has 0 atom stereocenters. The lowest BCUT2D eigenvalue weighted by Gasteiger charge is -2.13. The summed E-state index contributed by atoms with van der Waals surface area (Å²) in [6.45, 7) is 0.663. The maximum absolute atomic E-state index is 5.42. The van der Waals surface area contributed by atoms with Crippen molar-refractivity contribution >= 4 is 5.82 Å². The SMILES string of the molecule is COc1ccc(CNc2ncnc3c2CCC3)c(OC)c1. The third-order valence-electron chi connectivity index (χ3n) is 3.82. The Morgan fingerprint density at radius 3 is 2.86 bits per heavy atom. The fourth-order valence-corrected chi connectivity index (χ4v) is 2.69. The molecule has 0 saturated carbocycles. The van der Waals surface area contributed by atoms with Gasteiger partial charge in [-0.05, 0) is 31.4 Å². The number of hydrogen-bond donors (Lipinski definition) is 1. The van der Waals surface area contributed by atoms with Crippen LogP contribution in [0.15, 0.2) is 24.5 Å². The van der Waals surface area contributed by atoms with Gasteiger partial charge in [-0.2, -0.15) is 0 Å². The average molecular weight is 285 g/mol. The van der Waals surface area contributed by atoms with Crippen molar-refractivity contribution in [1.29, 1.82) is 0 Å². The molecule has 0 spiro atoms. The van der Waals surface area contributed by atoms with Gasteiger partial charge in [-0.15, -0.1) is 0 Å². The van der Waals surface area contributed by atoms with E-state index >= 15 is 0 Å². The summed E-state index contributed by atoms with van der Waals surface area (Å²) >= 11 is 0. The predicted molar refractivity (Wildman–Crippen MR) is 80.9 cm³/mol. The molecule has 2 aromatic rings. The Bertz CT molecular complexity index is 643. The van der Waals surface area contributed by atoms with Gasteiger partial charge < -0.3 is 14.8 Å². The average Bonchev–Trinajstić information content (AvgIpc) is 3.01. The Hall–Kier alpha value is -2.30. The summed E-state index contributed by atoms with van der Waals surface area (Å²) in [6.07, 6.45) is 4.91. The van der Waals surface area contributed by atoms with Gasteiger partial charge in [0, 0.05) is 29.4 Å². The lowest BCUT2D eigenvalue weighted by molar-refractivity contribution is 0.391. The van der Waals surface area contributed by atoms with Crippen molar-refractivity contribution in [3.05, 3.63) is 41.3 Å². The topological polar surface area (TPSA) is 56.3 Å². The van der Waals surface area contributed by atoms with E-state index in [0.29, 0.717) is 6.54 Å². The predicted octanol–water partition coefficient (Wildman–Crippen LogP) is 2.59. The molecule has 1 aromatic carbocycles. The molecule has 1 aliphatic rings. The number of ether oxygens (including phenoxy) is 2. The van der Waals surface area contributed by atoms with E-state index in [1.165, 1.54) is 11.3 Å². The largest absolute Gasteiger partial charge is 0.497 e. The first-order chi connectivity index (χ1) is 10.3. The molecule has 0 amide bonds. The van der Waals surface area contributed by atoms with Gasteiger partial charge in [0.05, 0.1) is 14.2 Å². The fourth-order valence-electron chi connectivity index (χ4n) is 2.69. The van der Waals surface area contributed by atoms with Crippen molar-refractivity contribution in [3.63, 3.8) is 0 Å². The summed E-state index contributed by atoms with van der Waals surface area (Å²) in [6, 6.07) is 5.83. The zero-order chi connectivity index (χ0) is 14.7. The van der Waals surface area contributed by atoms with Gasteiger partial charge in [-0.25, -0.2) is 9.97 Å². The zero-order valence-corrected chi connectivity index (χ0v) is 12.3. The van der Waals surface area contributed by atoms with Crippen LogP contribution in [0.25, 0.3) is 0 Å². The second kappa shape index (κ2) is 5.99. The van der Waals surface area contributed by atoms with Crippen LogP contribution >= 0.6 is 0 Å². The molecule has 1 aromatic heterocycles. The first-order valence-corrected chi connectivity index (χ1v) is 7.09. The maximum Gasteiger partial charge on any atom is 0.133 e. The normalized spacial score (nSPS) is 12.9. The molecule has 5 nitrogen and oxygen atoms in total. The van der Waals surface area contributed by atoms with Gasteiger partial charge in [-0.1, -0.05) is 0 Å². The summed E-state index contributed by atoms with van der Waals surface area (Å²) in [5.41, 5.74) is 3.50. The first kappa shape index (κ1) is 13.7. The number of hydrogen-bond acceptors (Lipinski definition) is 5. The third kappa shape index (κ3) is 2.77. The van der Waals surface area contributed by atoms with Crippen LogP contribution in [0, 0.1) is 0 Å². The molecule has 21 heavy (non-hydrogen) atoms. The lowest BCUT2D eigenvalue weighted by Crippen LogP contribution is -2.06. The molecule has 110 valence electrons. The van der Waals surface area contributed by atoms with Crippen LogP contribution in [0.5, 0.6) is 11.5 Å².